The second-order valence-electron chi connectivity index (χ2n) is 5.70. The summed E-state index contributed by atoms with van der Waals surface area (Å²) in [6.07, 6.45) is 4.52. The fourth-order valence-electron chi connectivity index (χ4n) is 2.64. The summed E-state index contributed by atoms with van der Waals surface area (Å²) in [6.45, 7) is 9.96. The third-order valence-electron chi connectivity index (χ3n) is 3.52. The highest BCUT2D eigenvalue weighted by molar-refractivity contribution is 5.48. The lowest BCUT2D eigenvalue weighted by atomic mass is 10.2. The van der Waals surface area contributed by atoms with Crippen LogP contribution < -0.4 is 10.2 Å². The molecule has 18 heavy (non-hydrogen) atoms. The standard InChI is InChI=1S/C15H25N3/c1-12(2)10-16-11-15-5-4-8-18(15)14-6-7-17-13(3)9-14/h6-7,9,12,15-16H,4-5,8,10-11H2,1-3H3. The molecule has 0 bridgehead atoms. The van der Waals surface area contributed by atoms with Crippen LogP contribution in [0.25, 0.3) is 0 Å². The first kappa shape index (κ1) is 13.3. The Kier molecular flexibility index (Phi) is 4.59. The fraction of sp³-hybridized carbons (Fsp3) is 0.667. The highest BCUT2D eigenvalue weighted by Crippen LogP contribution is 2.25. The largest absolute Gasteiger partial charge is 0.367 e. The van der Waals surface area contributed by atoms with Crippen LogP contribution in [-0.2, 0) is 0 Å². The molecule has 2 rings (SSSR count). The van der Waals surface area contributed by atoms with Crippen molar-refractivity contribution in [1.82, 2.24) is 10.3 Å². The van der Waals surface area contributed by atoms with E-state index in [9.17, 15) is 0 Å². The average molecular weight is 247 g/mol. The lowest BCUT2D eigenvalue weighted by Gasteiger charge is -2.27. The zero-order valence-electron chi connectivity index (χ0n) is 11.8. The van der Waals surface area contributed by atoms with E-state index in [4.69, 9.17) is 0 Å². The van der Waals surface area contributed by atoms with Gasteiger partial charge in [-0.2, -0.15) is 0 Å². The van der Waals surface area contributed by atoms with Gasteiger partial charge in [0, 0.05) is 36.7 Å². The minimum absolute atomic E-state index is 0.644. The van der Waals surface area contributed by atoms with Gasteiger partial charge in [0.1, 0.15) is 0 Å². The maximum absolute atomic E-state index is 4.28. The molecule has 1 N–H and O–H groups in total. The number of aromatic nitrogens is 1. The minimum atomic E-state index is 0.644. The van der Waals surface area contributed by atoms with E-state index in [1.807, 2.05) is 6.20 Å². The van der Waals surface area contributed by atoms with E-state index >= 15 is 0 Å². The van der Waals surface area contributed by atoms with Crippen LogP contribution in [0.3, 0.4) is 0 Å². The van der Waals surface area contributed by atoms with Crippen molar-refractivity contribution in [2.45, 2.75) is 39.7 Å². The molecule has 1 aromatic rings. The Morgan fingerprint density at radius 3 is 3.06 bits per heavy atom. The van der Waals surface area contributed by atoms with Crippen molar-refractivity contribution in [1.29, 1.82) is 0 Å². The van der Waals surface area contributed by atoms with Crippen molar-refractivity contribution < 1.29 is 0 Å². The summed E-state index contributed by atoms with van der Waals surface area (Å²) in [6, 6.07) is 4.97. The van der Waals surface area contributed by atoms with Crippen molar-refractivity contribution >= 4 is 5.69 Å². The zero-order valence-corrected chi connectivity index (χ0v) is 11.8. The first-order valence-electron chi connectivity index (χ1n) is 7.07. The first-order chi connectivity index (χ1) is 8.66. The van der Waals surface area contributed by atoms with E-state index in [-0.39, 0.29) is 0 Å². The summed E-state index contributed by atoms with van der Waals surface area (Å²) in [4.78, 5) is 6.81. The normalized spacial score (nSPS) is 19.8. The predicted octanol–water partition coefficient (Wildman–Crippen LogP) is 2.60. The molecule has 0 saturated carbocycles. The van der Waals surface area contributed by atoms with Crippen molar-refractivity contribution in [3.05, 3.63) is 24.0 Å². The number of hydrogen-bond acceptors (Lipinski definition) is 3. The Bertz CT molecular complexity index is 376. The fourth-order valence-corrected chi connectivity index (χ4v) is 2.64. The SMILES string of the molecule is Cc1cc(N2CCCC2CNCC(C)C)ccn1. The Hall–Kier alpha value is -1.09. The zero-order chi connectivity index (χ0) is 13.0. The second-order valence-corrected chi connectivity index (χ2v) is 5.70. The van der Waals surface area contributed by atoms with Gasteiger partial charge in [-0.1, -0.05) is 13.8 Å². The summed E-state index contributed by atoms with van der Waals surface area (Å²) in [7, 11) is 0. The van der Waals surface area contributed by atoms with Crippen molar-refractivity contribution in [2.24, 2.45) is 5.92 Å². The first-order valence-corrected chi connectivity index (χ1v) is 7.07. The smallest absolute Gasteiger partial charge is 0.0415 e. The lowest BCUT2D eigenvalue weighted by molar-refractivity contribution is 0.512. The van der Waals surface area contributed by atoms with Crippen LogP contribution in [0.5, 0.6) is 0 Å². The molecule has 0 radical (unpaired) electrons. The van der Waals surface area contributed by atoms with Crippen LogP contribution in [0.1, 0.15) is 32.4 Å². The molecular formula is C15H25N3. The van der Waals surface area contributed by atoms with Crippen LogP contribution in [0.15, 0.2) is 18.3 Å². The number of nitrogens with zero attached hydrogens (tertiary/aromatic N) is 2. The van der Waals surface area contributed by atoms with Gasteiger partial charge in [-0.05, 0) is 44.4 Å². The molecule has 1 fully saturated rings. The molecular weight excluding hydrogens is 222 g/mol. The Morgan fingerprint density at radius 1 is 1.50 bits per heavy atom. The summed E-state index contributed by atoms with van der Waals surface area (Å²) >= 11 is 0. The number of aryl methyl sites for hydroxylation is 1. The Balaban J connectivity index is 1.95. The van der Waals surface area contributed by atoms with E-state index in [2.05, 4.69) is 48.1 Å². The summed E-state index contributed by atoms with van der Waals surface area (Å²) in [5.74, 6) is 0.725. The molecule has 0 amide bonds. The van der Waals surface area contributed by atoms with Crippen molar-refractivity contribution in [2.75, 3.05) is 24.5 Å². The van der Waals surface area contributed by atoms with E-state index < -0.39 is 0 Å². The Morgan fingerprint density at radius 2 is 2.33 bits per heavy atom. The van der Waals surface area contributed by atoms with Crippen LogP contribution in [0.4, 0.5) is 5.69 Å². The van der Waals surface area contributed by atoms with Gasteiger partial charge in [0.25, 0.3) is 0 Å². The summed E-state index contributed by atoms with van der Waals surface area (Å²) < 4.78 is 0. The molecule has 3 heteroatoms. The number of anilines is 1. The number of nitrogens with one attached hydrogen (secondary N) is 1. The van der Waals surface area contributed by atoms with Crippen LogP contribution in [-0.4, -0.2) is 30.7 Å². The maximum Gasteiger partial charge on any atom is 0.0415 e. The van der Waals surface area contributed by atoms with Gasteiger partial charge in [-0.3, -0.25) is 4.98 Å². The van der Waals surface area contributed by atoms with Crippen LogP contribution in [0, 0.1) is 12.8 Å². The monoisotopic (exact) mass is 247 g/mol. The van der Waals surface area contributed by atoms with Crippen molar-refractivity contribution in [3.63, 3.8) is 0 Å². The quantitative estimate of drug-likeness (QED) is 0.867. The second kappa shape index (κ2) is 6.19. The van der Waals surface area contributed by atoms with Gasteiger partial charge in [0.15, 0.2) is 0 Å². The van der Waals surface area contributed by atoms with Gasteiger partial charge >= 0.3 is 0 Å². The molecule has 0 aliphatic carbocycles. The maximum atomic E-state index is 4.28. The predicted molar refractivity (Wildman–Crippen MR) is 77.0 cm³/mol. The minimum Gasteiger partial charge on any atom is -0.367 e. The van der Waals surface area contributed by atoms with Gasteiger partial charge < -0.3 is 10.2 Å². The van der Waals surface area contributed by atoms with E-state index in [1.165, 1.54) is 25.1 Å². The third-order valence-corrected chi connectivity index (χ3v) is 3.52. The van der Waals surface area contributed by atoms with E-state index in [0.29, 0.717) is 6.04 Å². The van der Waals surface area contributed by atoms with Gasteiger partial charge in [-0.15, -0.1) is 0 Å². The number of rotatable bonds is 5. The molecule has 1 atom stereocenters. The molecule has 100 valence electrons. The third kappa shape index (κ3) is 3.45. The van der Waals surface area contributed by atoms with E-state index in [1.54, 1.807) is 0 Å². The topological polar surface area (TPSA) is 28.2 Å². The van der Waals surface area contributed by atoms with E-state index in [0.717, 1.165) is 24.7 Å². The number of hydrogen-bond donors (Lipinski definition) is 1. The van der Waals surface area contributed by atoms with Gasteiger partial charge in [0.2, 0.25) is 0 Å². The molecule has 1 aliphatic heterocycles. The molecule has 1 saturated heterocycles. The van der Waals surface area contributed by atoms with Crippen LogP contribution >= 0.6 is 0 Å². The highest BCUT2D eigenvalue weighted by atomic mass is 15.2. The molecule has 0 spiro atoms. The molecule has 0 aromatic carbocycles. The summed E-state index contributed by atoms with van der Waals surface area (Å²) in [5.41, 5.74) is 2.43. The van der Waals surface area contributed by atoms with Crippen LogP contribution in [0.2, 0.25) is 0 Å². The van der Waals surface area contributed by atoms with Gasteiger partial charge in [-0.25, -0.2) is 0 Å². The van der Waals surface area contributed by atoms with Gasteiger partial charge in [0.05, 0.1) is 0 Å². The molecule has 3 nitrogen and oxygen atoms in total. The average Bonchev–Trinajstić information content (AvgIpc) is 2.77. The molecule has 2 heterocycles. The molecule has 1 aromatic heterocycles. The highest BCUT2D eigenvalue weighted by Gasteiger charge is 2.24. The summed E-state index contributed by atoms with van der Waals surface area (Å²) in [5, 5.41) is 3.58. The molecule has 1 aliphatic rings. The van der Waals surface area contributed by atoms with Crippen molar-refractivity contribution in [3.8, 4) is 0 Å². The lowest BCUT2D eigenvalue weighted by Crippen LogP contribution is -2.39. The Labute approximate surface area is 111 Å². The number of pyridine rings is 1. The molecule has 1 unspecified atom stereocenters.